The van der Waals surface area contributed by atoms with Crippen molar-refractivity contribution in [3.05, 3.63) is 71.8 Å². The third kappa shape index (κ3) is 3.65. The molecule has 0 spiro atoms. The van der Waals surface area contributed by atoms with Crippen LogP contribution >= 0.6 is 0 Å². The predicted molar refractivity (Wildman–Crippen MR) is 74.5 cm³/mol. The molecular formula is C15H13O2S-. The number of rotatable bonds is 4. The predicted octanol–water partition coefficient (Wildman–Crippen LogP) is 3.11. The molecular weight excluding hydrogens is 244 g/mol. The highest BCUT2D eigenvalue weighted by molar-refractivity contribution is 7.79. The topological polar surface area (TPSA) is 40.1 Å². The Morgan fingerprint density at radius 2 is 1.56 bits per heavy atom. The van der Waals surface area contributed by atoms with Gasteiger partial charge in [0.2, 0.25) is 0 Å². The van der Waals surface area contributed by atoms with Gasteiger partial charge in [0.1, 0.15) is 0 Å². The van der Waals surface area contributed by atoms with Crippen LogP contribution < -0.4 is 0 Å². The average Bonchev–Trinajstić information content (AvgIpc) is 2.40. The van der Waals surface area contributed by atoms with E-state index in [-0.39, 0.29) is 5.75 Å². The highest BCUT2D eigenvalue weighted by atomic mass is 32.2. The molecule has 0 aromatic heterocycles. The molecule has 0 heterocycles. The highest BCUT2D eigenvalue weighted by Gasteiger charge is 2.01. The maximum Gasteiger partial charge on any atom is 0.0359 e. The van der Waals surface area contributed by atoms with Gasteiger partial charge in [-0.15, -0.1) is 0 Å². The van der Waals surface area contributed by atoms with Gasteiger partial charge in [-0.3, -0.25) is 4.21 Å². The van der Waals surface area contributed by atoms with Crippen molar-refractivity contribution in [2.45, 2.75) is 0 Å². The molecule has 18 heavy (non-hydrogen) atoms. The highest BCUT2D eigenvalue weighted by Crippen LogP contribution is 2.18. The summed E-state index contributed by atoms with van der Waals surface area (Å²) in [7, 11) is 0. The fourth-order valence-electron chi connectivity index (χ4n) is 1.74. The molecule has 92 valence electrons. The summed E-state index contributed by atoms with van der Waals surface area (Å²) < 4.78 is 21.9. The molecule has 0 saturated heterocycles. The molecule has 0 aliphatic heterocycles. The first kappa shape index (κ1) is 12.7. The number of benzene rings is 2. The minimum atomic E-state index is -2.09. The lowest BCUT2D eigenvalue weighted by atomic mass is 10.0. The summed E-state index contributed by atoms with van der Waals surface area (Å²) in [5.41, 5.74) is 2.74. The van der Waals surface area contributed by atoms with E-state index in [9.17, 15) is 8.76 Å². The van der Waals surface area contributed by atoms with Crippen molar-refractivity contribution in [3.63, 3.8) is 0 Å². The Morgan fingerprint density at radius 1 is 1.00 bits per heavy atom. The molecule has 2 aromatic rings. The molecule has 2 rings (SSSR count). The molecule has 0 aliphatic rings. The Hall–Kier alpha value is -1.71. The first-order valence-electron chi connectivity index (χ1n) is 5.62. The van der Waals surface area contributed by atoms with E-state index in [4.69, 9.17) is 0 Å². The first-order chi connectivity index (χ1) is 8.75. The Kier molecular flexibility index (Phi) is 4.45. The molecule has 3 heteroatoms. The van der Waals surface area contributed by atoms with Gasteiger partial charge in [-0.1, -0.05) is 77.8 Å². The lowest BCUT2D eigenvalue weighted by Gasteiger charge is -2.10. The Morgan fingerprint density at radius 3 is 2.11 bits per heavy atom. The summed E-state index contributed by atoms with van der Waals surface area (Å²) in [5.74, 6) is 0.0267. The maximum atomic E-state index is 10.9. The van der Waals surface area contributed by atoms with Gasteiger partial charge >= 0.3 is 0 Å². The van der Waals surface area contributed by atoms with E-state index in [1.165, 1.54) is 0 Å². The van der Waals surface area contributed by atoms with E-state index < -0.39 is 11.1 Å². The summed E-state index contributed by atoms with van der Waals surface area (Å²) in [6.07, 6.45) is 1.91. The van der Waals surface area contributed by atoms with E-state index in [1.807, 2.05) is 66.7 Å². The molecule has 1 unspecified atom stereocenters. The van der Waals surface area contributed by atoms with Gasteiger partial charge in [0.25, 0.3) is 0 Å². The SMILES string of the molecule is O=S([O-])CC(=Cc1ccccc1)c1ccccc1. The van der Waals surface area contributed by atoms with Crippen LogP contribution in [0.15, 0.2) is 60.7 Å². The van der Waals surface area contributed by atoms with Gasteiger partial charge in [0, 0.05) is 5.75 Å². The molecule has 0 saturated carbocycles. The normalized spacial score (nSPS) is 13.3. The van der Waals surface area contributed by atoms with Crippen LogP contribution in [-0.2, 0) is 11.1 Å². The maximum absolute atomic E-state index is 10.9. The van der Waals surface area contributed by atoms with Crippen LogP contribution in [0.1, 0.15) is 11.1 Å². The standard InChI is InChI=1S/C15H14O2S/c16-18(17)12-15(14-9-5-2-6-10-14)11-13-7-3-1-4-8-13/h1-11H,12H2,(H,16,17)/p-1. The second-order valence-corrected chi connectivity index (χ2v) is 4.79. The van der Waals surface area contributed by atoms with Crippen LogP contribution in [0, 0.1) is 0 Å². The molecule has 0 aliphatic carbocycles. The van der Waals surface area contributed by atoms with Crippen molar-refractivity contribution in [3.8, 4) is 0 Å². The molecule has 0 amide bonds. The van der Waals surface area contributed by atoms with Crippen molar-refractivity contribution >= 4 is 22.7 Å². The molecule has 1 atom stereocenters. The summed E-state index contributed by atoms with van der Waals surface area (Å²) in [6, 6.07) is 19.3. The van der Waals surface area contributed by atoms with Gasteiger partial charge in [0.05, 0.1) is 0 Å². The molecule has 0 fully saturated rings. The van der Waals surface area contributed by atoms with Crippen LogP contribution in [0.5, 0.6) is 0 Å². The molecule has 2 aromatic carbocycles. The van der Waals surface area contributed by atoms with Gasteiger partial charge in [-0.2, -0.15) is 0 Å². The second-order valence-electron chi connectivity index (χ2n) is 3.89. The Bertz CT molecular complexity index is 547. The summed E-state index contributed by atoms with van der Waals surface area (Å²) in [6.45, 7) is 0. The van der Waals surface area contributed by atoms with E-state index in [0.29, 0.717) is 0 Å². The van der Waals surface area contributed by atoms with E-state index >= 15 is 0 Å². The Labute approximate surface area is 109 Å². The van der Waals surface area contributed by atoms with Gasteiger partial charge in [0.15, 0.2) is 0 Å². The zero-order chi connectivity index (χ0) is 12.8. The van der Waals surface area contributed by atoms with Crippen molar-refractivity contribution < 1.29 is 8.76 Å². The second kappa shape index (κ2) is 6.28. The van der Waals surface area contributed by atoms with Crippen molar-refractivity contribution in [1.29, 1.82) is 0 Å². The minimum Gasteiger partial charge on any atom is -0.772 e. The molecule has 0 N–H and O–H groups in total. The van der Waals surface area contributed by atoms with Gasteiger partial charge < -0.3 is 4.55 Å². The van der Waals surface area contributed by atoms with Crippen LogP contribution in [0.25, 0.3) is 11.6 Å². The van der Waals surface area contributed by atoms with Crippen molar-refractivity contribution in [1.82, 2.24) is 0 Å². The van der Waals surface area contributed by atoms with E-state index in [2.05, 4.69) is 0 Å². The zero-order valence-corrected chi connectivity index (χ0v) is 10.6. The van der Waals surface area contributed by atoms with Crippen LogP contribution in [0.3, 0.4) is 0 Å². The fourth-order valence-corrected chi connectivity index (χ4v) is 2.24. The molecule has 0 bridgehead atoms. The van der Waals surface area contributed by atoms with Crippen LogP contribution in [0.4, 0.5) is 0 Å². The average molecular weight is 257 g/mol. The van der Waals surface area contributed by atoms with E-state index in [0.717, 1.165) is 16.7 Å². The monoisotopic (exact) mass is 257 g/mol. The fraction of sp³-hybridized carbons (Fsp3) is 0.0667. The van der Waals surface area contributed by atoms with Gasteiger partial charge in [-0.25, -0.2) is 0 Å². The minimum absolute atomic E-state index is 0.0267. The largest absolute Gasteiger partial charge is 0.772 e. The molecule has 0 radical (unpaired) electrons. The third-order valence-corrected chi connectivity index (χ3v) is 3.11. The summed E-state index contributed by atoms with van der Waals surface area (Å²) in [5, 5.41) is 0. The van der Waals surface area contributed by atoms with Crippen LogP contribution in [0.2, 0.25) is 0 Å². The number of hydrogen-bond acceptors (Lipinski definition) is 2. The van der Waals surface area contributed by atoms with Crippen LogP contribution in [-0.4, -0.2) is 14.5 Å². The zero-order valence-electron chi connectivity index (χ0n) is 9.78. The lowest BCUT2D eigenvalue weighted by molar-refractivity contribution is 0.540. The quantitative estimate of drug-likeness (QED) is 0.623. The van der Waals surface area contributed by atoms with E-state index in [1.54, 1.807) is 0 Å². The summed E-state index contributed by atoms with van der Waals surface area (Å²) >= 11 is -2.09. The first-order valence-corrected chi connectivity index (χ1v) is 6.87. The lowest BCUT2D eigenvalue weighted by Crippen LogP contribution is -1.98. The molecule has 2 nitrogen and oxygen atoms in total. The van der Waals surface area contributed by atoms with Crippen molar-refractivity contribution in [2.75, 3.05) is 5.75 Å². The van der Waals surface area contributed by atoms with Gasteiger partial charge in [-0.05, 0) is 16.7 Å². The van der Waals surface area contributed by atoms with Crippen molar-refractivity contribution in [2.24, 2.45) is 0 Å². The Balaban J connectivity index is 2.37. The third-order valence-electron chi connectivity index (χ3n) is 2.56. The smallest absolute Gasteiger partial charge is 0.0359 e. The summed E-state index contributed by atoms with van der Waals surface area (Å²) in [4.78, 5) is 0. The number of hydrogen-bond donors (Lipinski definition) is 0.